The lowest BCUT2D eigenvalue weighted by Crippen LogP contribution is -2.47. The molecule has 0 aromatic carbocycles. The van der Waals surface area contributed by atoms with E-state index in [2.05, 4.69) is 20.1 Å². The number of nitrogens with one attached hydrogen (secondary N) is 1. The lowest BCUT2D eigenvalue weighted by Gasteiger charge is -2.37. The quantitative estimate of drug-likeness (QED) is 0.769. The van der Waals surface area contributed by atoms with E-state index in [-0.39, 0.29) is 5.91 Å². The summed E-state index contributed by atoms with van der Waals surface area (Å²) in [6, 6.07) is 2.33. The van der Waals surface area contributed by atoms with Gasteiger partial charge in [-0.3, -0.25) is 9.69 Å². The van der Waals surface area contributed by atoms with Gasteiger partial charge in [0.1, 0.15) is 10.2 Å². The summed E-state index contributed by atoms with van der Waals surface area (Å²) in [4.78, 5) is 20.0. The Bertz CT molecular complexity index is 612. The predicted molar refractivity (Wildman–Crippen MR) is 107 cm³/mol. The van der Waals surface area contributed by atoms with Crippen molar-refractivity contribution < 1.29 is 4.79 Å². The molecule has 1 saturated heterocycles. The van der Waals surface area contributed by atoms with E-state index in [1.165, 1.54) is 19.3 Å². The summed E-state index contributed by atoms with van der Waals surface area (Å²) in [5.74, 6) is 0.897. The van der Waals surface area contributed by atoms with Gasteiger partial charge in [-0.05, 0) is 50.6 Å². The van der Waals surface area contributed by atoms with E-state index in [1.54, 1.807) is 13.1 Å². The monoisotopic (exact) mass is 398 g/mol. The van der Waals surface area contributed by atoms with E-state index < -0.39 is 0 Å². The van der Waals surface area contributed by atoms with Crippen molar-refractivity contribution >= 4 is 34.8 Å². The van der Waals surface area contributed by atoms with E-state index >= 15 is 0 Å². The Labute approximate surface area is 166 Å². The Morgan fingerprint density at radius 3 is 2.54 bits per heavy atom. The van der Waals surface area contributed by atoms with Crippen LogP contribution in [0.1, 0.15) is 39.0 Å². The van der Waals surface area contributed by atoms with Crippen molar-refractivity contribution in [1.82, 2.24) is 15.2 Å². The van der Waals surface area contributed by atoms with Gasteiger partial charge in [0.05, 0.1) is 5.69 Å². The molecule has 2 aliphatic rings. The van der Waals surface area contributed by atoms with Crippen molar-refractivity contribution in [3.63, 3.8) is 0 Å². The van der Waals surface area contributed by atoms with Gasteiger partial charge >= 0.3 is 0 Å². The zero-order valence-corrected chi connectivity index (χ0v) is 16.9. The number of anilines is 1. The molecule has 1 saturated carbocycles. The molecule has 0 bridgehead atoms. The molecule has 3 rings (SSSR count). The van der Waals surface area contributed by atoms with E-state index in [0.29, 0.717) is 16.2 Å². The second kappa shape index (κ2) is 9.25. The van der Waals surface area contributed by atoms with Crippen molar-refractivity contribution in [3.05, 3.63) is 22.4 Å². The predicted octanol–water partition coefficient (Wildman–Crippen LogP) is 3.60. The molecule has 2 fully saturated rings. The molecule has 0 atom stereocenters. The highest BCUT2D eigenvalue weighted by atomic mass is 35.5. The van der Waals surface area contributed by atoms with Crippen LogP contribution in [0.4, 0.5) is 5.69 Å². The number of rotatable bonds is 5. The fourth-order valence-electron chi connectivity index (χ4n) is 4.11. The minimum Gasteiger partial charge on any atom is -0.368 e. The van der Waals surface area contributed by atoms with Crippen LogP contribution in [0, 0.1) is 5.92 Å². The zero-order chi connectivity index (χ0) is 18.5. The average Bonchev–Trinajstić information content (AvgIpc) is 2.63. The van der Waals surface area contributed by atoms with Crippen LogP contribution in [0.15, 0.2) is 12.3 Å². The number of halogens is 2. The summed E-state index contributed by atoms with van der Waals surface area (Å²) in [7, 11) is 0. The Kier molecular flexibility index (Phi) is 7.01. The van der Waals surface area contributed by atoms with Crippen molar-refractivity contribution in [2.75, 3.05) is 37.6 Å². The van der Waals surface area contributed by atoms with E-state index in [4.69, 9.17) is 23.2 Å². The Morgan fingerprint density at radius 2 is 1.88 bits per heavy atom. The minimum absolute atomic E-state index is 0.0990. The van der Waals surface area contributed by atoms with Crippen molar-refractivity contribution in [2.24, 2.45) is 5.92 Å². The van der Waals surface area contributed by atoms with Crippen LogP contribution in [0.25, 0.3) is 0 Å². The van der Waals surface area contributed by atoms with E-state index in [1.807, 2.05) is 6.07 Å². The van der Waals surface area contributed by atoms with Crippen molar-refractivity contribution in [1.29, 1.82) is 0 Å². The van der Waals surface area contributed by atoms with Gasteiger partial charge in [-0.15, -0.1) is 0 Å². The highest BCUT2D eigenvalue weighted by molar-refractivity contribution is 6.42. The molecule has 26 heavy (non-hydrogen) atoms. The maximum absolute atomic E-state index is 11.2. The van der Waals surface area contributed by atoms with Gasteiger partial charge in [0, 0.05) is 45.3 Å². The van der Waals surface area contributed by atoms with Crippen molar-refractivity contribution in [2.45, 2.75) is 45.1 Å². The fraction of sp³-hybridized carbons (Fsp3) is 0.684. The first kappa shape index (κ1) is 19.7. The molecule has 2 heterocycles. The van der Waals surface area contributed by atoms with E-state index in [0.717, 1.165) is 57.2 Å². The van der Waals surface area contributed by atoms with Gasteiger partial charge in [-0.25, -0.2) is 4.98 Å². The standard InChI is InChI=1S/C19H28Cl2N4O/c1-14(26)23-16-4-2-15(3-5-16)7-9-24-10-12-25(13-11-24)17-6-8-22-19(21)18(17)20/h6,8,15-16H,2-5,7,9-13H2,1H3,(H,23,26)/t15-,16-. The molecule has 1 N–H and O–H groups in total. The average molecular weight is 399 g/mol. The van der Waals surface area contributed by atoms with Crippen LogP contribution in [-0.4, -0.2) is 54.6 Å². The van der Waals surface area contributed by atoms with Gasteiger partial charge in [-0.2, -0.15) is 0 Å². The number of aromatic nitrogens is 1. The maximum Gasteiger partial charge on any atom is 0.217 e. The minimum atomic E-state index is 0.0990. The normalized spacial score (nSPS) is 24.5. The smallest absolute Gasteiger partial charge is 0.217 e. The third-order valence-corrected chi connectivity index (χ3v) is 6.40. The number of hydrogen-bond acceptors (Lipinski definition) is 4. The maximum atomic E-state index is 11.2. The Morgan fingerprint density at radius 1 is 1.19 bits per heavy atom. The van der Waals surface area contributed by atoms with Crippen LogP contribution in [0.3, 0.4) is 0 Å². The summed E-state index contributed by atoms with van der Waals surface area (Å²) in [6.45, 7) is 6.81. The van der Waals surface area contributed by atoms with Gasteiger partial charge in [0.15, 0.2) is 0 Å². The summed E-state index contributed by atoms with van der Waals surface area (Å²) in [5, 5.41) is 3.99. The van der Waals surface area contributed by atoms with Gasteiger partial charge < -0.3 is 10.2 Å². The molecule has 5 nitrogen and oxygen atoms in total. The summed E-state index contributed by atoms with van der Waals surface area (Å²) < 4.78 is 0. The van der Waals surface area contributed by atoms with Crippen LogP contribution < -0.4 is 10.2 Å². The SMILES string of the molecule is CC(=O)N[C@H]1CC[C@H](CCN2CCN(c3ccnc(Cl)c3Cl)CC2)CC1. The number of carbonyl (C=O) groups is 1. The van der Waals surface area contributed by atoms with Crippen LogP contribution in [0.2, 0.25) is 10.2 Å². The molecular formula is C19H28Cl2N4O. The molecule has 1 aliphatic carbocycles. The second-order valence-electron chi connectivity index (χ2n) is 7.47. The second-order valence-corrected chi connectivity index (χ2v) is 8.21. The van der Waals surface area contributed by atoms with Gasteiger partial charge in [0.25, 0.3) is 0 Å². The molecule has 0 radical (unpaired) electrons. The van der Waals surface area contributed by atoms with Gasteiger partial charge in [0.2, 0.25) is 5.91 Å². The Hall–Kier alpha value is -1.04. The van der Waals surface area contributed by atoms with Crippen LogP contribution >= 0.6 is 23.2 Å². The number of piperazine rings is 1. The zero-order valence-electron chi connectivity index (χ0n) is 15.4. The summed E-state index contributed by atoms with van der Waals surface area (Å²) in [6.07, 6.45) is 7.69. The molecule has 1 aliphatic heterocycles. The third-order valence-electron chi connectivity index (χ3n) is 5.65. The topological polar surface area (TPSA) is 48.5 Å². The molecule has 1 aromatic heterocycles. The summed E-state index contributed by atoms with van der Waals surface area (Å²) >= 11 is 12.3. The highest BCUT2D eigenvalue weighted by Crippen LogP contribution is 2.31. The van der Waals surface area contributed by atoms with Crippen LogP contribution in [0.5, 0.6) is 0 Å². The summed E-state index contributed by atoms with van der Waals surface area (Å²) in [5.41, 5.74) is 0.989. The molecule has 1 amide bonds. The highest BCUT2D eigenvalue weighted by Gasteiger charge is 2.24. The number of nitrogens with zero attached hydrogens (tertiary/aromatic N) is 3. The fourth-order valence-corrected chi connectivity index (χ4v) is 4.50. The van der Waals surface area contributed by atoms with E-state index in [9.17, 15) is 4.79 Å². The number of amides is 1. The first-order valence-corrected chi connectivity index (χ1v) is 10.3. The van der Waals surface area contributed by atoms with Crippen LogP contribution in [-0.2, 0) is 4.79 Å². The molecule has 0 unspecified atom stereocenters. The Balaban J connectivity index is 1.38. The third kappa shape index (κ3) is 5.24. The lowest BCUT2D eigenvalue weighted by molar-refractivity contribution is -0.119. The van der Waals surface area contributed by atoms with Crippen molar-refractivity contribution in [3.8, 4) is 0 Å². The molecule has 1 aromatic rings. The first-order chi connectivity index (χ1) is 12.5. The number of pyridine rings is 1. The molecule has 7 heteroatoms. The molecule has 0 spiro atoms. The lowest BCUT2D eigenvalue weighted by atomic mass is 9.84. The number of carbonyl (C=O) groups excluding carboxylic acids is 1. The first-order valence-electron chi connectivity index (χ1n) is 9.57. The molecular weight excluding hydrogens is 371 g/mol. The largest absolute Gasteiger partial charge is 0.368 e. The molecule has 144 valence electrons. The number of hydrogen-bond donors (Lipinski definition) is 1. The van der Waals surface area contributed by atoms with Gasteiger partial charge in [-0.1, -0.05) is 23.2 Å².